The van der Waals surface area contributed by atoms with Gasteiger partial charge in [-0.2, -0.15) is 0 Å². The summed E-state index contributed by atoms with van der Waals surface area (Å²) in [5, 5.41) is 0.663. The molecule has 1 aliphatic rings. The second kappa shape index (κ2) is 13.3. The molecular weight excluding hydrogens is 588 g/mol. The van der Waals surface area contributed by atoms with Crippen LogP contribution >= 0.6 is 22.9 Å². The molecule has 8 nitrogen and oxygen atoms in total. The van der Waals surface area contributed by atoms with Crippen molar-refractivity contribution < 1.29 is 23.7 Å². The highest BCUT2D eigenvalue weighted by molar-refractivity contribution is 7.07. The summed E-state index contributed by atoms with van der Waals surface area (Å²) >= 11 is 7.25. The lowest BCUT2D eigenvalue weighted by atomic mass is 9.96. The van der Waals surface area contributed by atoms with Gasteiger partial charge in [-0.1, -0.05) is 53.3 Å². The monoisotopic (exact) mass is 618 g/mol. The van der Waals surface area contributed by atoms with Crippen molar-refractivity contribution in [2.24, 2.45) is 4.99 Å². The minimum absolute atomic E-state index is 0.205. The van der Waals surface area contributed by atoms with E-state index in [0.29, 0.717) is 56.1 Å². The van der Waals surface area contributed by atoms with E-state index in [1.807, 2.05) is 61.5 Å². The summed E-state index contributed by atoms with van der Waals surface area (Å²) < 4.78 is 24.6. The van der Waals surface area contributed by atoms with E-state index in [1.54, 1.807) is 43.7 Å². The number of allylic oxidation sites excluding steroid dienone is 1. The van der Waals surface area contributed by atoms with Gasteiger partial charge in [0.25, 0.3) is 5.56 Å². The van der Waals surface area contributed by atoms with Crippen molar-refractivity contribution in [1.82, 2.24) is 4.57 Å². The lowest BCUT2D eigenvalue weighted by molar-refractivity contribution is -0.139. The van der Waals surface area contributed by atoms with Gasteiger partial charge in [-0.3, -0.25) is 9.36 Å². The Kier molecular flexibility index (Phi) is 9.33. The maximum Gasteiger partial charge on any atom is 0.338 e. The van der Waals surface area contributed by atoms with Crippen molar-refractivity contribution in [3.8, 4) is 17.2 Å². The average Bonchev–Trinajstić information content (AvgIpc) is 3.31. The quantitative estimate of drug-likeness (QED) is 0.220. The van der Waals surface area contributed by atoms with Crippen LogP contribution in [0.3, 0.4) is 0 Å². The maximum absolute atomic E-state index is 13.9. The van der Waals surface area contributed by atoms with E-state index in [4.69, 9.17) is 30.5 Å². The average molecular weight is 619 g/mol. The number of nitrogens with zero attached hydrogens (tertiary/aromatic N) is 2. The standard InChI is InChI=1S/C33H31ClN2O6S/c1-5-40-27-17-22(9-16-26(27)42-19-21-7-12-24(34)13-8-21)18-28-31(37)36-30(23-10-14-25(39-4)15-11-23)29(32(38)41-6-2)20(3)35-33(36)43-28/h7-18,30H,5-6,19H2,1-4H3/b28-18-. The first-order valence-corrected chi connectivity index (χ1v) is 15.0. The van der Waals surface area contributed by atoms with Crippen molar-refractivity contribution in [2.75, 3.05) is 20.3 Å². The topological polar surface area (TPSA) is 88.4 Å². The Balaban J connectivity index is 1.54. The molecule has 5 rings (SSSR count). The van der Waals surface area contributed by atoms with Crippen molar-refractivity contribution in [3.05, 3.63) is 119 Å². The zero-order valence-corrected chi connectivity index (χ0v) is 25.8. The SMILES string of the molecule is CCOC(=O)C1=C(C)N=c2s/c(=C\c3ccc(OCc4ccc(Cl)cc4)c(OCC)c3)c(=O)n2C1c1ccc(OC)cc1. The van der Waals surface area contributed by atoms with Gasteiger partial charge in [0.15, 0.2) is 16.3 Å². The van der Waals surface area contributed by atoms with E-state index in [0.717, 1.165) is 16.7 Å². The molecule has 1 aromatic heterocycles. The van der Waals surface area contributed by atoms with Gasteiger partial charge in [-0.15, -0.1) is 0 Å². The number of rotatable bonds is 10. The third-order valence-corrected chi connectivity index (χ3v) is 8.06. The molecule has 0 spiro atoms. The Hall–Kier alpha value is -4.34. The van der Waals surface area contributed by atoms with Crippen molar-refractivity contribution in [3.63, 3.8) is 0 Å². The molecule has 222 valence electrons. The van der Waals surface area contributed by atoms with Gasteiger partial charge in [0, 0.05) is 5.02 Å². The van der Waals surface area contributed by atoms with Crippen LogP contribution in [0.25, 0.3) is 6.08 Å². The Morgan fingerprint density at radius 1 is 1.00 bits per heavy atom. The second-order valence-corrected chi connectivity index (χ2v) is 11.1. The van der Waals surface area contributed by atoms with Crippen molar-refractivity contribution in [2.45, 2.75) is 33.4 Å². The number of carbonyl (C=O) groups is 1. The summed E-state index contributed by atoms with van der Waals surface area (Å²) in [4.78, 5) is 32.2. The van der Waals surface area contributed by atoms with Crippen LogP contribution < -0.4 is 29.1 Å². The van der Waals surface area contributed by atoms with Gasteiger partial charge in [0.2, 0.25) is 0 Å². The molecule has 0 radical (unpaired) electrons. The fourth-order valence-electron chi connectivity index (χ4n) is 4.79. The van der Waals surface area contributed by atoms with Crippen molar-refractivity contribution in [1.29, 1.82) is 0 Å². The number of hydrogen-bond acceptors (Lipinski definition) is 8. The van der Waals surface area contributed by atoms with Crippen molar-refractivity contribution >= 4 is 35.0 Å². The second-order valence-electron chi connectivity index (χ2n) is 9.63. The third-order valence-electron chi connectivity index (χ3n) is 6.82. The van der Waals surface area contributed by atoms with E-state index in [1.165, 1.54) is 11.3 Å². The first-order valence-electron chi connectivity index (χ1n) is 13.8. The molecule has 0 N–H and O–H groups in total. The highest BCUT2D eigenvalue weighted by atomic mass is 35.5. The van der Waals surface area contributed by atoms with Crippen LogP contribution in [-0.2, 0) is 16.1 Å². The van der Waals surface area contributed by atoms with E-state index in [-0.39, 0.29) is 12.2 Å². The Morgan fingerprint density at radius 3 is 2.42 bits per heavy atom. The number of aromatic nitrogens is 1. The highest BCUT2D eigenvalue weighted by Gasteiger charge is 2.33. The Morgan fingerprint density at radius 2 is 1.74 bits per heavy atom. The summed E-state index contributed by atoms with van der Waals surface area (Å²) in [5.74, 6) is 1.31. The van der Waals surface area contributed by atoms with Gasteiger partial charge in [-0.05, 0) is 79.9 Å². The number of ether oxygens (including phenoxy) is 4. The number of halogens is 1. The summed E-state index contributed by atoms with van der Waals surface area (Å²) in [7, 11) is 1.58. The number of thiazole rings is 1. The van der Waals surface area contributed by atoms with Crippen LogP contribution in [0.5, 0.6) is 17.2 Å². The molecule has 3 aromatic carbocycles. The van der Waals surface area contributed by atoms with Gasteiger partial charge in [0.1, 0.15) is 12.4 Å². The van der Waals surface area contributed by atoms with E-state index >= 15 is 0 Å². The molecule has 1 aliphatic heterocycles. The predicted molar refractivity (Wildman–Crippen MR) is 167 cm³/mol. The molecule has 1 atom stereocenters. The molecule has 0 fully saturated rings. The number of fused-ring (bicyclic) bond motifs is 1. The highest BCUT2D eigenvalue weighted by Crippen LogP contribution is 2.32. The zero-order valence-electron chi connectivity index (χ0n) is 24.3. The first-order chi connectivity index (χ1) is 20.8. The summed E-state index contributed by atoms with van der Waals surface area (Å²) in [6.07, 6.45) is 1.80. The maximum atomic E-state index is 13.9. The lowest BCUT2D eigenvalue weighted by Gasteiger charge is -2.24. The van der Waals surface area contributed by atoms with E-state index in [2.05, 4.69) is 4.99 Å². The fraction of sp³-hybridized carbons (Fsp3) is 0.242. The Bertz CT molecular complexity index is 1840. The number of esters is 1. The molecule has 0 aliphatic carbocycles. The number of carbonyl (C=O) groups excluding carboxylic acids is 1. The van der Waals surface area contributed by atoms with Gasteiger partial charge in [-0.25, -0.2) is 9.79 Å². The molecule has 1 unspecified atom stereocenters. The molecule has 0 amide bonds. The summed E-state index contributed by atoms with van der Waals surface area (Å²) in [6, 6.07) is 19.6. The zero-order chi connectivity index (χ0) is 30.5. The van der Waals surface area contributed by atoms with Crippen LogP contribution in [0.15, 0.2) is 87.8 Å². The van der Waals surface area contributed by atoms with Gasteiger partial charge >= 0.3 is 5.97 Å². The normalized spacial score (nSPS) is 14.6. The molecule has 4 aromatic rings. The minimum Gasteiger partial charge on any atom is -0.497 e. The van der Waals surface area contributed by atoms with E-state index < -0.39 is 12.0 Å². The number of methoxy groups -OCH3 is 1. The summed E-state index contributed by atoms with van der Waals surface area (Å²) in [5.41, 5.74) is 3.04. The first kappa shape index (κ1) is 30.1. The molecule has 0 saturated carbocycles. The third kappa shape index (κ3) is 6.53. The van der Waals surface area contributed by atoms with E-state index in [9.17, 15) is 9.59 Å². The van der Waals surface area contributed by atoms with Crippen LogP contribution in [0, 0.1) is 0 Å². The number of benzene rings is 3. The van der Waals surface area contributed by atoms with Crippen LogP contribution in [-0.4, -0.2) is 30.9 Å². The summed E-state index contributed by atoms with van der Waals surface area (Å²) in [6.45, 7) is 6.41. The van der Waals surface area contributed by atoms with Crippen LogP contribution in [0.4, 0.5) is 0 Å². The molecule has 0 bridgehead atoms. The largest absolute Gasteiger partial charge is 0.497 e. The number of hydrogen-bond donors (Lipinski definition) is 0. The lowest BCUT2D eigenvalue weighted by Crippen LogP contribution is -2.39. The molecule has 43 heavy (non-hydrogen) atoms. The van der Waals surface area contributed by atoms with Gasteiger partial charge in [0.05, 0.1) is 42.2 Å². The predicted octanol–water partition coefficient (Wildman–Crippen LogP) is 5.44. The van der Waals surface area contributed by atoms with Gasteiger partial charge < -0.3 is 18.9 Å². The molecular formula is C33H31ClN2O6S. The van der Waals surface area contributed by atoms with Crippen LogP contribution in [0.2, 0.25) is 5.02 Å². The molecule has 2 heterocycles. The Labute approximate surface area is 258 Å². The smallest absolute Gasteiger partial charge is 0.338 e. The molecule has 0 saturated heterocycles. The minimum atomic E-state index is -0.703. The molecule has 10 heteroatoms. The fourth-order valence-corrected chi connectivity index (χ4v) is 5.96. The van der Waals surface area contributed by atoms with Crippen LogP contribution in [0.1, 0.15) is 43.5 Å².